The molecule has 2 N–H and O–H groups in total. The van der Waals surface area contributed by atoms with E-state index in [9.17, 15) is 0 Å². The molecular weight excluding hydrogens is 204 g/mol. The number of rotatable bonds is 3. The van der Waals surface area contributed by atoms with Crippen molar-refractivity contribution in [2.45, 2.75) is 13.8 Å². The van der Waals surface area contributed by atoms with Crippen LogP contribution in [0.15, 0.2) is 28.9 Å². The van der Waals surface area contributed by atoms with E-state index >= 15 is 0 Å². The summed E-state index contributed by atoms with van der Waals surface area (Å²) < 4.78 is 10.7. The van der Waals surface area contributed by atoms with Gasteiger partial charge in [-0.15, -0.1) is 0 Å². The average molecular weight is 218 g/mol. The van der Waals surface area contributed by atoms with E-state index < -0.39 is 0 Å². The molecule has 0 aliphatic carbocycles. The Balaban J connectivity index is 2.40. The maximum atomic E-state index is 5.78. The number of aromatic nitrogens is 1. The molecule has 0 radical (unpaired) electrons. The fraction of sp³-hybridized carbons (Fsp3) is 0.250. The van der Waals surface area contributed by atoms with Crippen molar-refractivity contribution in [2.24, 2.45) is 0 Å². The summed E-state index contributed by atoms with van der Waals surface area (Å²) in [5.41, 5.74) is 8.09. The molecule has 0 spiro atoms. The third-order valence-corrected chi connectivity index (χ3v) is 2.11. The number of anilines is 1. The van der Waals surface area contributed by atoms with Crippen molar-refractivity contribution in [1.29, 1.82) is 0 Å². The topological polar surface area (TPSA) is 61.3 Å². The summed E-state index contributed by atoms with van der Waals surface area (Å²) in [6.07, 6.45) is 1.61. The predicted octanol–water partition coefficient (Wildman–Crippen LogP) is 2.63. The van der Waals surface area contributed by atoms with Crippen molar-refractivity contribution in [3.63, 3.8) is 0 Å². The molecule has 0 saturated carbocycles. The standard InChI is InChI=1S/C12H14N2O2/c1-3-15-11-5-9(4-10(13)6-11)12-14-8(2)7-16-12/h4-7H,3,13H2,1-2H3. The van der Waals surface area contributed by atoms with Gasteiger partial charge >= 0.3 is 0 Å². The number of aryl methyl sites for hydroxylation is 1. The predicted molar refractivity (Wildman–Crippen MR) is 62.3 cm³/mol. The highest BCUT2D eigenvalue weighted by Crippen LogP contribution is 2.26. The lowest BCUT2D eigenvalue weighted by Gasteiger charge is -2.05. The lowest BCUT2D eigenvalue weighted by Crippen LogP contribution is -1.94. The van der Waals surface area contributed by atoms with E-state index in [1.807, 2.05) is 26.0 Å². The van der Waals surface area contributed by atoms with Crippen LogP contribution in [0.3, 0.4) is 0 Å². The van der Waals surface area contributed by atoms with Gasteiger partial charge in [-0.05, 0) is 26.0 Å². The van der Waals surface area contributed by atoms with Gasteiger partial charge in [-0.25, -0.2) is 4.98 Å². The molecule has 0 bridgehead atoms. The van der Waals surface area contributed by atoms with Gasteiger partial charge in [0, 0.05) is 17.3 Å². The zero-order valence-electron chi connectivity index (χ0n) is 9.36. The van der Waals surface area contributed by atoms with Crippen LogP contribution in [-0.4, -0.2) is 11.6 Å². The van der Waals surface area contributed by atoms with Crippen LogP contribution in [0.4, 0.5) is 5.69 Å². The first kappa shape index (κ1) is 10.5. The summed E-state index contributed by atoms with van der Waals surface area (Å²) in [7, 11) is 0. The Kier molecular flexibility index (Phi) is 2.81. The maximum Gasteiger partial charge on any atom is 0.226 e. The molecule has 2 aromatic rings. The third-order valence-electron chi connectivity index (χ3n) is 2.11. The van der Waals surface area contributed by atoms with E-state index in [1.165, 1.54) is 0 Å². The number of benzene rings is 1. The summed E-state index contributed by atoms with van der Waals surface area (Å²) in [5, 5.41) is 0. The first-order chi connectivity index (χ1) is 7.69. The Morgan fingerprint density at radius 2 is 2.19 bits per heavy atom. The molecule has 0 amide bonds. The van der Waals surface area contributed by atoms with Crippen LogP contribution >= 0.6 is 0 Å². The second-order valence-corrected chi connectivity index (χ2v) is 3.52. The van der Waals surface area contributed by atoms with Crippen molar-refractivity contribution >= 4 is 5.69 Å². The molecule has 4 nitrogen and oxygen atoms in total. The van der Waals surface area contributed by atoms with Crippen molar-refractivity contribution < 1.29 is 9.15 Å². The Morgan fingerprint density at radius 3 is 2.81 bits per heavy atom. The first-order valence-electron chi connectivity index (χ1n) is 5.15. The zero-order chi connectivity index (χ0) is 11.5. The van der Waals surface area contributed by atoms with E-state index in [0.29, 0.717) is 18.2 Å². The Morgan fingerprint density at radius 1 is 1.38 bits per heavy atom. The van der Waals surface area contributed by atoms with E-state index in [-0.39, 0.29) is 0 Å². The molecule has 0 aliphatic heterocycles. The zero-order valence-corrected chi connectivity index (χ0v) is 9.36. The number of nitrogens with two attached hydrogens (primary N) is 1. The molecule has 2 rings (SSSR count). The van der Waals surface area contributed by atoms with Gasteiger partial charge in [0.05, 0.1) is 12.3 Å². The highest BCUT2D eigenvalue weighted by molar-refractivity contribution is 5.63. The average Bonchev–Trinajstić information content (AvgIpc) is 2.64. The van der Waals surface area contributed by atoms with Crippen LogP contribution < -0.4 is 10.5 Å². The van der Waals surface area contributed by atoms with Gasteiger partial charge in [0.25, 0.3) is 0 Å². The van der Waals surface area contributed by atoms with Gasteiger partial charge in [0.2, 0.25) is 5.89 Å². The quantitative estimate of drug-likeness (QED) is 0.804. The molecule has 84 valence electrons. The Hall–Kier alpha value is -1.97. The van der Waals surface area contributed by atoms with E-state index in [4.69, 9.17) is 14.9 Å². The van der Waals surface area contributed by atoms with E-state index in [2.05, 4.69) is 4.98 Å². The SMILES string of the molecule is CCOc1cc(N)cc(-c2nc(C)co2)c1. The van der Waals surface area contributed by atoms with Crippen molar-refractivity contribution in [3.8, 4) is 17.2 Å². The van der Waals surface area contributed by atoms with Gasteiger partial charge in [0.1, 0.15) is 12.0 Å². The van der Waals surface area contributed by atoms with Crippen molar-refractivity contribution in [2.75, 3.05) is 12.3 Å². The lowest BCUT2D eigenvalue weighted by atomic mass is 10.2. The molecule has 4 heteroatoms. The third kappa shape index (κ3) is 2.16. The van der Waals surface area contributed by atoms with E-state index in [0.717, 1.165) is 17.0 Å². The molecule has 0 fully saturated rings. The van der Waals surface area contributed by atoms with E-state index in [1.54, 1.807) is 12.3 Å². The minimum atomic E-state index is 0.561. The highest BCUT2D eigenvalue weighted by atomic mass is 16.5. The highest BCUT2D eigenvalue weighted by Gasteiger charge is 2.07. The van der Waals surface area contributed by atoms with Crippen LogP contribution in [0.1, 0.15) is 12.6 Å². The van der Waals surface area contributed by atoms with Crippen LogP contribution in [0.5, 0.6) is 5.75 Å². The summed E-state index contributed by atoms with van der Waals surface area (Å²) in [6.45, 7) is 4.41. The molecule has 0 aliphatic rings. The number of nitrogen functional groups attached to an aromatic ring is 1. The van der Waals surface area contributed by atoms with Crippen LogP contribution in [0.2, 0.25) is 0 Å². The van der Waals surface area contributed by atoms with Crippen LogP contribution in [0, 0.1) is 6.92 Å². The number of ether oxygens (including phenoxy) is 1. The van der Waals surface area contributed by atoms with Gasteiger partial charge in [-0.1, -0.05) is 0 Å². The lowest BCUT2D eigenvalue weighted by molar-refractivity contribution is 0.340. The molecule has 0 unspecified atom stereocenters. The monoisotopic (exact) mass is 218 g/mol. The second-order valence-electron chi connectivity index (χ2n) is 3.52. The molecular formula is C12H14N2O2. The molecule has 0 atom stereocenters. The van der Waals surface area contributed by atoms with Gasteiger partial charge in [0.15, 0.2) is 0 Å². The number of hydrogen-bond donors (Lipinski definition) is 1. The summed E-state index contributed by atoms with van der Waals surface area (Å²) in [5.74, 6) is 1.29. The first-order valence-corrected chi connectivity index (χ1v) is 5.15. The molecule has 1 heterocycles. The smallest absolute Gasteiger partial charge is 0.226 e. The van der Waals surface area contributed by atoms with Gasteiger partial charge in [-0.3, -0.25) is 0 Å². The van der Waals surface area contributed by atoms with Gasteiger partial charge < -0.3 is 14.9 Å². The normalized spacial score (nSPS) is 10.4. The van der Waals surface area contributed by atoms with Crippen LogP contribution in [0.25, 0.3) is 11.5 Å². The maximum absolute atomic E-state index is 5.78. The number of hydrogen-bond acceptors (Lipinski definition) is 4. The summed E-state index contributed by atoms with van der Waals surface area (Å²) >= 11 is 0. The second kappa shape index (κ2) is 4.26. The van der Waals surface area contributed by atoms with Crippen molar-refractivity contribution in [1.82, 2.24) is 4.98 Å². The van der Waals surface area contributed by atoms with Gasteiger partial charge in [-0.2, -0.15) is 0 Å². The van der Waals surface area contributed by atoms with Crippen LogP contribution in [-0.2, 0) is 0 Å². The molecule has 0 saturated heterocycles. The molecule has 1 aromatic heterocycles. The van der Waals surface area contributed by atoms with Crippen molar-refractivity contribution in [3.05, 3.63) is 30.2 Å². The number of nitrogens with zero attached hydrogens (tertiary/aromatic N) is 1. The fourth-order valence-corrected chi connectivity index (χ4v) is 1.48. The minimum absolute atomic E-state index is 0.561. The minimum Gasteiger partial charge on any atom is -0.494 e. The molecule has 16 heavy (non-hydrogen) atoms. The number of oxazole rings is 1. The summed E-state index contributed by atoms with van der Waals surface area (Å²) in [6, 6.07) is 5.46. The molecule has 1 aromatic carbocycles. The Labute approximate surface area is 94.1 Å². The summed E-state index contributed by atoms with van der Waals surface area (Å²) in [4.78, 5) is 4.25. The Bertz CT molecular complexity index is 492. The fourth-order valence-electron chi connectivity index (χ4n) is 1.48. The largest absolute Gasteiger partial charge is 0.494 e.